The summed E-state index contributed by atoms with van der Waals surface area (Å²) in [5, 5.41) is 0.608. The number of rotatable bonds is 3. The standard InChI is InChI=1S/C12H9ClO3S/c13-9-5-7-10(8-6-9)16-11-3-1-2-4-12(11)17(14)15/h1-8H,(H,14,15). The van der Waals surface area contributed by atoms with E-state index < -0.39 is 11.1 Å². The molecule has 0 fully saturated rings. The first-order valence-corrected chi connectivity index (χ1v) is 6.28. The summed E-state index contributed by atoms with van der Waals surface area (Å²) in [7, 11) is 0. The Kier molecular flexibility index (Phi) is 3.78. The average molecular weight is 269 g/mol. The molecule has 5 heteroatoms. The van der Waals surface area contributed by atoms with Crippen LogP contribution in [0.5, 0.6) is 11.5 Å². The molecule has 0 saturated heterocycles. The molecule has 0 amide bonds. The van der Waals surface area contributed by atoms with Crippen LogP contribution in [-0.2, 0) is 11.1 Å². The first-order chi connectivity index (χ1) is 8.16. The fourth-order valence-corrected chi connectivity index (χ4v) is 1.91. The second-order valence-corrected chi connectivity index (χ2v) is 4.63. The van der Waals surface area contributed by atoms with Gasteiger partial charge in [0.2, 0.25) is 0 Å². The zero-order valence-corrected chi connectivity index (χ0v) is 10.2. The van der Waals surface area contributed by atoms with Crippen molar-refractivity contribution in [2.45, 2.75) is 4.90 Å². The number of benzene rings is 2. The molecule has 0 aliphatic heterocycles. The monoisotopic (exact) mass is 268 g/mol. The lowest BCUT2D eigenvalue weighted by Crippen LogP contribution is -1.93. The molecule has 1 N–H and O–H groups in total. The Balaban J connectivity index is 2.30. The smallest absolute Gasteiger partial charge is 0.190 e. The highest BCUT2D eigenvalue weighted by Crippen LogP contribution is 2.27. The summed E-state index contributed by atoms with van der Waals surface area (Å²) in [6.07, 6.45) is 0. The molecule has 2 aromatic rings. The van der Waals surface area contributed by atoms with Gasteiger partial charge in [-0.1, -0.05) is 23.7 Å². The van der Waals surface area contributed by atoms with Crippen LogP contribution >= 0.6 is 11.6 Å². The number of hydrogen-bond donors (Lipinski definition) is 1. The fourth-order valence-electron chi connectivity index (χ4n) is 1.31. The molecule has 0 radical (unpaired) electrons. The van der Waals surface area contributed by atoms with Gasteiger partial charge in [0.1, 0.15) is 16.4 Å². The van der Waals surface area contributed by atoms with Gasteiger partial charge in [-0.25, -0.2) is 4.21 Å². The van der Waals surface area contributed by atoms with Crippen LogP contribution in [0.4, 0.5) is 0 Å². The van der Waals surface area contributed by atoms with E-state index in [1.165, 1.54) is 0 Å². The number of para-hydroxylation sites is 1. The minimum Gasteiger partial charge on any atom is -0.456 e. The zero-order valence-electron chi connectivity index (χ0n) is 8.67. The number of halogens is 1. The van der Waals surface area contributed by atoms with Gasteiger partial charge in [-0.15, -0.1) is 0 Å². The molecule has 0 heterocycles. The van der Waals surface area contributed by atoms with E-state index in [0.717, 1.165) is 0 Å². The molecule has 2 rings (SSSR count). The summed E-state index contributed by atoms with van der Waals surface area (Å²) in [5.41, 5.74) is 0. The molecule has 0 aromatic heterocycles. The average Bonchev–Trinajstić information content (AvgIpc) is 2.32. The summed E-state index contributed by atoms with van der Waals surface area (Å²) in [5.74, 6) is 0.919. The van der Waals surface area contributed by atoms with Gasteiger partial charge in [0.25, 0.3) is 0 Å². The molecule has 0 aliphatic rings. The Morgan fingerprint density at radius 1 is 1.06 bits per heavy atom. The van der Waals surface area contributed by atoms with E-state index in [1.54, 1.807) is 48.5 Å². The third-order valence-electron chi connectivity index (χ3n) is 2.08. The molecule has 1 unspecified atom stereocenters. The molecule has 0 aliphatic carbocycles. The Morgan fingerprint density at radius 2 is 1.71 bits per heavy atom. The van der Waals surface area contributed by atoms with Crippen molar-refractivity contribution in [3.05, 3.63) is 53.6 Å². The fraction of sp³-hybridized carbons (Fsp3) is 0. The van der Waals surface area contributed by atoms with Crippen LogP contribution in [0.3, 0.4) is 0 Å². The Hall–Kier alpha value is -1.36. The van der Waals surface area contributed by atoms with Crippen molar-refractivity contribution < 1.29 is 13.5 Å². The maximum atomic E-state index is 11.1. The van der Waals surface area contributed by atoms with Crippen molar-refractivity contribution in [3.63, 3.8) is 0 Å². The predicted molar refractivity (Wildman–Crippen MR) is 67.0 cm³/mol. The molecule has 3 nitrogen and oxygen atoms in total. The van der Waals surface area contributed by atoms with E-state index in [2.05, 4.69) is 0 Å². The Labute approximate surface area is 106 Å². The van der Waals surface area contributed by atoms with Crippen molar-refractivity contribution in [1.29, 1.82) is 0 Å². The quantitative estimate of drug-likeness (QED) is 0.863. The van der Waals surface area contributed by atoms with E-state index in [-0.39, 0.29) is 4.90 Å². The largest absolute Gasteiger partial charge is 0.456 e. The van der Waals surface area contributed by atoms with E-state index in [9.17, 15) is 4.21 Å². The zero-order chi connectivity index (χ0) is 12.3. The van der Waals surface area contributed by atoms with Gasteiger partial charge in [-0.3, -0.25) is 0 Å². The van der Waals surface area contributed by atoms with Crippen molar-refractivity contribution in [2.24, 2.45) is 0 Å². The molecule has 17 heavy (non-hydrogen) atoms. The minimum absolute atomic E-state index is 0.238. The van der Waals surface area contributed by atoms with Crippen LogP contribution in [0.2, 0.25) is 5.02 Å². The van der Waals surface area contributed by atoms with Gasteiger partial charge in [0.05, 0.1) is 0 Å². The highest BCUT2D eigenvalue weighted by molar-refractivity contribution is 7.79. The molecule has 88 valence electrons. The Morgan fingerprint density at radius 3 is 2.35 bits per heavy atom. The molecule has 0 saturated carbocycles. The topological polar surface area (TPSA) is 46.5 Å². The van der Waals surface area contributed by atoms with Crippen LogP contribution in [0, 0.1) is 0 Å². The molecular weight excluding hydrogens is 260 g/mol. The van der Waals surface area contributed by atoms with E-state index in [4.69, 9.17) is 20.9 Å². The summed E-state index contributed by atoms with van der Waals surface area (Å²) in [6.45, 7) is 0. The minimum atomic E-state index is -2.07. The van der Waals surface area contributed by atoms with Gasteiger partial charge in [-0.2, -0.15) is 0 Å². The van der Waals surface area contributed by atoms with Gasteiger partial charge in [0, 0.05) is 5.02 Å². The molecule has 0 bridgehead atoms. The third-order valence-corrected chi connectivity index (χ3v) is 3.04. The van der Waals surface area contributed by atoms with Crippen LogP contribution in [-0.4, -0.2) is 8.76 Å². The lowest BCUT2D eigenvalue weighted by molar-refractivity contribution is 0.465. The SMILES string of the molecule is O=S(O)c1ccccc1Oc1ccc(Cl)cc1. The van der Waals surface area contributed by atoms with Crippen molar-refractivity contribution in [1.82, 2.24) is 0 Å². The van der Waals surface area contributed by atoms with E-state index >= 15 is 0 Å². The molecule has 2 aromatic carbocycles. The van der Waals surface area contributed by atoms with E-state index in [1.807, 2.05) is 0 Å². The second kappa shape index (κ2) is 5.31. The Bertz CT molecular complexity index is 540. The highest BCUT2D eigenvalue weighted by atomic mass is 35.5. The number of ether oxygens (including phenoxy) is 1. The third kappa shape index (κ3) is 3.06. The lowest BCUT2D eigenvalue weighted by atomic mass is 10.3. The van der Waals surface area contributed by atoms with Crippen LogP contribution in [0.15, 0.2) is 53.4 Å². The second-order valence-electron chi connectivity index (χ2n) is 3.25. The summed E-state index contributed by atoms with van der Waals surface area (Å²) < 4.78 is 25.7. The van der Waals surface area contributed by atoms with Crippen LogP contribution in [0.1, 0.15) is 0 Å². The van der Waals surface area contributed by atoms with Gasteiger partial charge in [0.15, 0.2) is 11.1 Å². The van der Waals surface area contributed by atoms with Crippen LogP contribution in [0.25, 0.3) is 0 Å². The first-order valence-electron chi connectivity index (χ1n) is 4.80. The highest BCUT2D eigenvalue weighted by Gasteiger charge is 2.08. The normalized spacial score (nSPS) is 12.1. The van der Waals surface area contributed by atoms with Gasteiger partial charge in [-0.05, 0) is 36.4 Å². The number of hydrogen-bond acceptors (Lipinski definition) is 2. The first kappa shape index (κ1) is 12.1. The summed E-state index contributed by atoms with van der Waals surface area (Å²) in [6, 6.07) is 13.4. The summed E-state index contributed by atoms with van der Waals surface area (Å²) >= 11 is 3.68. The van der Waals surface area contributed by atoms with Gasteiger partial charge < -0.3 is 9.29 Å². The maximum Gasteiger partial charge on any atom is 0.190 e. The van der Waals surface area contributed by atoms with Crippen molar-refractivity contribution >= 4 is 22.7 Å². The lowest BCUT2D eigenvalue weighted by Gasteiger charge is -2.08. The van der Waals surface area contributed by atoms with Gasteiger partial charge >= 0.3 is 0 Å². The molecule has 0 spiro atoms. The summed E-state index contributed by atoms with van der Waals surface area (Å²) in [4.78, 5) is 0.238. The maximum absolute atomic E-state index is 11.1. The van der Waals surface area contributed by atoms with Crippen molar-refractivity contribution in [2.75, 3.05) is 0 Å². The van der Waals surface area contributed by atoms with Crippen molar-refractivity contribution in [3.8, 4) is 11.5 Å². The van der Waals surface area contributed by atoms with E-state index in [0.29, 0.717) is 16.5 Å². The predicted octanol–water partition coefficient (Wildman–Crippen LogP) is 3.71. The van der Waals surface area contributed by atoms with Crippen LogP contribution < -0.4 is 4.74 Å². The molecule has 1 atom stereocenters. The molecular formula is C12H9ClO3S.